The van der Waals surface area contributed by atoms with Gasteiger partial charge in [0.25, 0.3) is 0 Å². The fourth-order valence-corrected chi connectivity index (χ4v) is 2.14. The Morgan fingerprint density at radius 1 is 1.50 bits per heavy atom. The fourth-order valence-electron chi connectivity index (χ4n) is 2.14. The maximum atomic E-state index is 12.2. The van der Waals surface area contributed by atoms with E-state index in [0.29, 0.717) is 19.5 Å². The monoisotopic (exact) mass is 228 g/mol. The molecule has 1 heterocycles. The summed E-state index contributed by atoms with van der Waals surface area (Å²) in [5, 5.41) is 12.1. The summed E-state index contributed by atoms with van der Waals surface area (Å²) in [5.41, 5.74) is -0.688. The molecule has 0 aromatic rings. The first kappa shape index (κ1) is 13.0. The molecule has 1 amide bonds. The van der Waals surface area contributed by atoms with E-state index in [1.54, 1.807) is 13.8 Å². The number of amides is 1. The third-order valence-corrected chi connectivity index (χ3v) is 2.95. The number of carbonyl (C=O) groups is 2. The highest BCUT2D eigenvalue weighted by Gasteiger charge is 2.40. The summed E-state index contributed by atoms with van der Waals surface area (Å²) in [5.74, 6) is -1.03. The number of nitrogens with one attached hydrogen (secondary N) is 1. The lowest BCUT2D eigenvalue weighted by Crippen LogP contribution is -2.56. The van der Waals surface area contributed by atoms with Gasteiger partial charge in [-0.2, -0.15) is 0 Å². The Kier molecular flexibility index (Phi) is 3.91. The van der Waals surface area contributed by atoms with E-state index < -0.39 is 17.6 Å². The van der Waals surface area contributed by atoms with Crippen molar-refractivity contribution in [1.29, 1.82) is 0 Å². The molecule has 1 atom stereocenters. The van der Waals surface area contributed by atoms with Crippen LogP contribution < -0.4 is 5.32 Å². The van der Waals surface area contributed by atoms with Crippen molar-refractivity contribution < 1.29 is 14.7 Å². The number of likely N-dealkylation sites (N-methyl/N-ethyl adjacent to an activating group) is 1. The van der Waals surface area contributed by atoms with Gasteiger partial charge in [0.1, 0.15) is 6.04 Å². The number of nitrogens with zero attached hydrogens (tertiary/aromatic N) is 1. The first-order chi connectivity index (χ1) is 7.40. The van der Waals surface area contributed by atoms with E-state index in [0.717, 1.165) is 6.42 Å². The molecule has 0 saturated carbocycles. The van der Waals surface area contributed by atoms with Gasteiger partial charge in [-0.1, -0.05) is 6.92 Å². The Labute approximate surface area is 95.8 Å². The average molecular weight is 228 g/mol. The number of hydrogen-bond acceptors (Lipinski definition) is 3. The topological polar surface area (TPSA) is 69.6 Å². The Morgan fingerprint density at radius 2 is 2.12 bits per heavy atom. The predicted octanol–water partition coefficient (Wildman–Crippen LogP) is 0.450. The molecule has 0 aromatic carbocycles. The second-order valence-corrected chi connectivity index (χ2v) is 4.65. The minimum atomic E-state index is -0.904. The van der Waals surface area contributed by atoms with E-state index >= 15 is 0 Å². The van der Waals surface area contributed by atoms with Gasteiger partial charge >= 0.3 is 5.97 Å². The number of aliphatic carboxylic acids is 1. The first-order valence-corrected chi connectivity index (χ1v) is 5.69. The molecule has 1 aliphatic heterocycles. The molecule has 1 fully saturated rings. The summed E-state index contributed by atoms with van der Waals surface area (Å²) in [4.78, 5) is 24.6. The summed E-state index contributed by atoms with van der Waals surface area (Å²) >= 11 is 0. The highest BCUT2D eigenvalue weighted by Crippen LogP contribution is 2.21. The molecule has 1 rings (SSSR count). The summed E-state index contributed by atoms with van der Waals surface area (Å²) in [6, 6.07) is -0.648. The molecule has 0 bridgehead atoms. The molecule has 0 radical (unpaired) electrons. The van der Waals surface area contributed by atoms with Crippen LogP contribution in [0.4, 0.5) is 0 Å². The quantitative estimate of drug-likeness (QED) is 0.733. The van der Waals surface area contributed by atoms with E-state index in [9.17, 15) is 9.59 Å². The third kappa shape index (κ3) is 2.52. The van der Waals surface area contributed by atoms with Crippen LogP contribution in [-0.4, -0.2) is 46.6 Å². The average Bonchev–Trinajstić information content (AvgIpc) is 2.64. The highest BCUT2D eigenvalue weighted by molar-refractivity contribution is 5.90. The molecule has 2 N–H and O–H groups in total. The van der Waals surface area contributed by atoms with Crippen molar-refractivity contribution in [2.45, 2.75) is 45.2 Å². The molecular weight excluding hydrogens is 208 g/mol. The van der Waals surface area contributed by atoms with Gasteiger partial charge in [0.2, 0.25) is 5.91 Å². The van der Waals surface area contributed by atoms with E-state index in [4.69, 9.17) is 5.11 Å². The SMILES string of the molecule is CCNC(C)(C)C(=O)N1CCC[C@@H]1C(=O)O. The predicted molar refractivity (Wildman–Crippen MR) is 60.1 cm³/mol. The van der Waals surface area contributed by atoms with Crippen LogP contribution in [0.1, 0.15) is 33.6 Å². The second kappa shape index (κ2) is 4.82. The van der Waals surface area contributed by atoms with Crippen molar-refractivity contribution in [2.75, 3.05) is 13.1 Å². The summed E-state index contributed by atoms with van der Waals surface area (Å²) < 4.78 is 0. The van der Waals surface area contributed by atoms with Crippen molar-refractivity contribution in [3.63, 3.8) is 0 Å². The lowest BCUT2D eigenvalue weighted by atomic mass is 10.0. The van der Waals surface area contributed by atoms with Crippen LogP contribution in [0, 0.1) is 0 Å². The van der Waals surface area contributed by atoms with Crippen molar-refractivity contribution in [3.05, 3.63) is 0 Å². The standard InChI is InChI=1S/C11H20N2O3/c1-4-12-11(2,3)10(16)13-7-5-6-8(13)9(14)15/h8,12H,4-7H2,1-3H3,(H,14,15)/t8-/m1/s1. The Morgan fingerprint density at radius 3 is 2.62 bits per heavy atom. The molecule has 5 nitrogen and oxygen atoms in total. The van der Waals surface area contributed by atoms with E-state index in [2.05, 4.69) is 5.32 Å². The summed E-state index contributed by atoms with van der Waals surface area (Å²) in [6.07, 6.45) is 1.33. The zero-order chi connectivity index (χ0) is 12.3. The van der Waals surface area contributed by atoms with Crippen molar-refractivity contribution in [3.8, 4) is 0 Å². The molecule has 16 heavy (non-hydrogen) atoms. The van der Waals surface area contributed by atoms with Gasteiger partial charge in [0.05, 0.1) is 5.54 Å². The van der Waals surface area contributed by atoms with Crippen LogP contribution >= 0.6 is 0 Å². The number of carbonyl (C=O) groups excluding carboxylic acids is 1. The Balaban J connectivity index is 2.76. The maximum Gasteiger partial charge on any atom is 0.326 e. The highest BCUT2D eigenvalue weighted by atomic mass is 16.4. The summed E-state index contributed by atoms with van der Waals surface area (Å²) in [7, 11) is 0. The first-order valence-electron chi connectivity index (χ1n) is 5.69. The van der Waals surface area contributed by atoms with Gasteiger partial charge in [0.15, 0.2) is 0 Å². The minimum Gasteiger partial charge on any atom is -0.480 e. The number of carboxylic acids is 1. The van der Waals surface area contributed by atoms with E-state index in [-0.39, 0.29) is 5.91 Å². The van der Waals surface area contributed by atoms with Gasteiger partial charge in [-0.05, 0) is 33.2 Å². The molecule has 92 valence electrons. The van der Waals surface area contributed by atoms with E-state index in [1.807, 2.05) is 6.92 Å². The molecule has 0 unspecified atom stereocenters. The van der Waals surface area contributed by atoms with Crippen molar-refractivity contribution in [2.24, 2.45) is 0 Å². The Hall–Kier alpha value is -1.10. The van der Waals surface area contributed by atoms with Crippen LogP contribution in [0.25, 0.3) is 0 Å². The lowest BCUT2D eigenvalue weighted by Gasteiger charge is -2.32. The molecule has 0 aliphatic carbocycles. The largest absolute Gasteiger partial charge is 0.480 e. The summed E-state index contributed by atoms with van der Waals surface area (Å²) in [6.45, 7) is 6.73. The Bertz CT molecular complexity index is 289. The molecule has 1 aliphatic rings. The van der Waals surface area contributed by atoms with Gasteiger partial charge in [-0.25, -0.2) is 4.79 Å². The van der Waals surface area contributed by atoms with Gasteiger partial charge in [-0.15, -0.1) is 0 Å². The van der Waals surface area contributed by atoms with Crippen molar-refractivity contribution >= 4 is 11.9 Å². The van der Waals surface area contributed by atoms with Crippen LogP contribution in [0.5, 0.6) is 0 Å². The molecule has 1 saturated heterocycles. The molecule has 0 spiro atoms. The zero-order valence-electron chi connectivity index (χ0n) is 10.1. The van der Waals surface area contributed by atoms with Crippen molar-refractivity contribution in [1.82, 2.24) is 10.2 Å². The van der Waals surface area contributed by atoms with Gasteiger partial charge in [0, 0.05) is 6.54 Å². The third-order valence-electron chi connectivity index (χ3n) is 2.95. The zero-order valence-corrected chi connectivity index (χ0v) is 10.1. The van der Waals surface area contributed by atoms with Crippen LogP contribution in [0.15, 0.2) is 0 Å². The number of hydrogen-bond donors (Lipinski definition) is 2. The number of likely N-dealkylation sites (tertiary alicyclic amines) is 1. The lowest BCUT2D eigenvalue weighted by molar-refractivity contribution is -0.150. The normalized spacial score (nSPS) is 21.2. The number of carboxylic acid groups (broad SMARTS) is 1. The number of rotatable bonds is 4. The van der Waals surface area contributed by atoms with E-state index in [1.165, 1.54) is 4.90 Å². The molecule has 5 heteroatoms. The second-order valence-electron chi connectivity index (χ2n) is 4.65. The smallest absolute Gasteiger partial charge is 0.326 e. The minimum absolute atomic E-state index is 0.126. The fraction of sp³-hybridized carbons (Fsp3) is 0.818. The molecular formula is C11H20N2O3. The van der Waals surface area contributed by atoms with Crippen LogP contribution in [0.2, 0.25) is 0 Å². The van der Waals surface area contributed by atoms with Crippen LogP contribution in [-0.2, 0) is 9.59 Å². The maximum absolute atomic E-state index is 12.2. The van der Waals surface area contributed by atoms with Crippen LogP contribution in [0.3, 0.4) is 0 Å². The van der Waals surface area contributed by atoms with Gasteiger partial charge < -0.3 is 15.3 Å². The molecule has 0 aromatic heterocycles. The van der Waals surface area contributed by atoms with Gasteiger partial charge in [-0.3, -0.25) is 4.79 Å².